The molecule has 9 heteroatoms. The predicted molar refractivity (Wildman–Crippen MR) is 108 cm³/mol. The van der Waals surface area contributed by atoms with Gasteiger partial charge in [0, 0.05) is 44.7 Å². The summed E-state index contributed by atoms with van der Waals surface area (Å²) in [7, 11) is -3.37. The molecule has 3 fully saturated rings. The lowest BCUT2D eigenvalue weighted by Gasteiger charge is -2.46. The minimum absolute atomic E-state index is 0.0322. The summed E-state index contributed by atoms with van der Waals surface area (Å²) in [5.74, 6) is 0.129. The van der Waals surface area contributed by atoms with Crippen molar-refractivity contribution in [1.29, 1.82) is 0 Å². The molecule has 1 aromatic rings. The summed E-state index contributed by atoms with van der Waals surface area (Å²) in [6, 6.07) is 3.70. The molecule has 0 saturated carbocycles. The number of piperidine rings is 1. The molecule has 3 aliphatic rings. The van der Waals surface area contributed by atoms with Crippen LogP contribution in [0.25, 0.3) is 0 Å². The van der Waals surface area contributed by atoms with Crippen LogP contribution >= 0.6 is 11.3 Å². The van der Waals surface area contributed by atoms with E-state index >= 15 is 0 Å². The first-order valence-electron chi connectivity index (χ1n) is 9.80. The molecule has 0 unspecified atom stereocenters. The summed E-state index contributed by atoms with van der Waals surface area (Å²) in [5.41, 5.74) is -1.03. The monoisotopic (exact) mass is 425 g/mol. The number of carbonyl (C=O) groups excluding carboxylic acids is 2. The van der Waals surface area contributed by atoms with Gasteiger partial charge in [-0.2, -0.15) is 0 Å². The van der Waals surface area contributed by atoms with Gasteiger partial charge in [-0.15, -0.1) is 11.3 Å². The maximum Gasteiger partial charge on any atom is 0.263 e. The maximum absolute atomic E-state index is 13.3. The highest BCUT2D eigenvalue weighted by Gasteiger charge is 2.66. The Kier molecular flexibility index (Phi) is 4.83. The highest BCUT2D eigenvalue weighted by Crippen LogP contribution is 2.58. The van der Waals surface area contributed by atoms with Crippen LogP contribution in [0, 0.1) is 10.8 Å². The Labute approximate surface area is 170 Å². The predicted octanol–water partition coefficient (Wildman–Crippen LogP) is 1.48. The van der Waals surface area contributed by atoms with Gasteiger partial charge in [0.25, 0.3) is 5.91 Å². The number of hydrogen-bond donors (Lipinski definition) is 0. The van der Waals surface area contributed by atoms with E-state index in [9.17, 15) is 18.0 Å². The zero-order valence-corrected chi connectivity index (χ0v) is 18.0. The van der Waals surface area contributed by atoms with Crippen molar-refractivity contribution in [3.05, 3.63) is 22.4 Å². The highest BCUT2D eigenvalue weighted by atomic mass is 32.2. The molecule has 0 aliphatic carbocycles. The van der Waals surface area contributed by atoms with Crippen molar-refractivity contribution in [2.45, 2.75) is 26.2 Å². The van der Waals surface area contributed by atoms with Crippen molar-refractivity contribution in [3.8, 4) is 0 Å². The topological polar surface area (TPSA) is 78.0 Å². The smallest absolute Gasteiger partial charge is 0.263 e. The number of amides is 2. The van der Waals surface area contributed by atoms with Gasteiger partial charge in [-0.1, -0.05) is 6.07 Å². The number of fused-ring (bicyclic) bond motifs is 1. The van der Waals surface area contributed by atoms with Gasteiger partial charge in [0.05, 0.1) is 16.5 Å². The molecule has 3 aliphatic heterocycles. The molecule has 4 heterocycles. The summed E-state index contributed by atoms with van der Waals surface area (Å²) in [6.07, 6.45) is 3.26. The van der Waals surface area contributed by atoms with Gasteiger partial charge in [-0.3, -0.25) is 9.59 Å². The molecule has 154 valence electrons. The van der Waals surface area contributed by atoms with E-state index in [2.05, 4.69) is 0 Å². The van der Waals surface area contributed by atoms with E-state index in [-0.39, 0.29) is 23.8 Å². The molecule has 7 nitrogen and oxygen atoms in total. The van der Waals surface area contributed by atoms with Crippen molar-refractivity contribution in [3.63, 3.8) is 0 Å². The Morgan fingerprint density at radius 3 is 2.43 bits per heavy atom. The van der Waals surface area contributed by atoms with E-state index in [0.717, 1.165) is 4.88 Å². The summed E-state index contributed by atoms with van der Waals surface area (Å²) < 4.78 is 26.1. The van der Waals surface area contributed by atoms with Crippen LogP contribution in [0.5, 0.6) is 0 Å². The molecule has 4 rings (SSSR count). The molecular weight excluding hydrogens is 398 g/mol. The second-order valence-electron chi connectivity index (χ2n) is 8.30. The third kappa shape index (κ3) is 2.90. The molecule has 2 amide bonds. The molecule has 1 atom stereocenters. The summed E-state index contributed by atoms with van der Waals surface area (Å²) in [4.78, 5) is 30.5. The fourth-order valence-electron chi connectivity index (χ4n) is 5.36. The first-order valence-corrected chi connectivity index (χ1v) is 12.5. The highest BCUT2D eigenvalue weighted by molar-refractivity contribution is 7.88. The zero-order valence-electron chi connectivity index (χ0n) is 16.4. The fourth-order valence-corrected chi connectivity index (χ4v) is 6.98. The average molecular weight is 426 g/mol. The number of likely N-dealkylation sites (tertiary alicyclic amines) is 2. The quantitative estimate of drug-likeness (QED) is 0.735. The summed E-state index contributed by atoms with van der Waals surface area (Å²) >= 11 is 1.44. The lowest BCUT2D eigenvalue weighted by molar-refractivity contribution is -0.141. The molecule has 0 N–H and O–H groups in total. The van der Waals surface area contributed by atoms with Crippen molar-refractivity contribution < 1.29 is 18.0 Å². The lowest BCUT2D eigenvalue weighted by atomic mass is 9.60. The average Bonchev–Trinajstić information content (AvgIpc) is 3.36. The van der Waals surface area contributed by atoms with Crippen LogP contribution in [0.4, 0.5) is 0 Å². The van der Waals surface area contributed by atoms with E-state index < -0.39 is 15.4 Å². The Bertz CT molecular complexity index is 875. The lowest BCUT2D eigenvalue weighted by Crippen LogP contribution is -2.53. The van der Waals surface area contributed by atoms with Crippen LogP contribution in [0.15, 0.2) is 17.5 Å². The van der Waals surface area contributed by atoms with E-state index in [1.54, 1.807) is 0 Å². The Hall–Kier alpha value is -1.45. The number of hydrogen-bond acceptors (Lipinski definition) is 5. The van der Waals surface area contributed by atoms with Gasteiger partial charge in [0.1, 0.15) is 0 Å². The second-order valence-corrected chi connectivity index (χ2v) is 11.2. The standard InChI is InChI=1S/C19H27N3O4S2/c1-3-20-11-8-19(17(20)24)14-22(28(2,25)26)13-18(19)6-9-21(10-7-18)16(23)15-5-4-12-27-15/h4-5,12H,3,6-11,13-14H2,1-2H3/t19-/m1/s1. The first-order chi connectivity index (χ1) is 13.2. The largest absolute Gasteiger partial charge is 0.342 e. The molecule has 0 bridgehead atoms. The number of carbonyl (C=O) groups is 2. The van der Waals surface area contributed by atoms with E-state index in [1.807, 2.05) is 34.2 Å². The van der Waals surface area contributed by atoms with Gasteiger partial charge >= 0.3 is 0 Å². The van der Waals surface area contributed by atoms with Crippen molar-refractivity contribution in [2.75, 3.05) is 45.5 Å². The summed E-state index contributed by atoms with van der Waals surface area (Å²) in [6.45, 7) is 5.10. The van der Waals surface area contributed by atoms with Crippen LogP contribution in [0.3, 0.4) is 0 Å². The molecule has 2 spiro atoms. The van der Waals surface area contributed by atoms with Gasteiger partial charge in [0.15, 0.2) is 0 Å². The number of rotatable bonds is 3. The van der Waals surface area contributed by atoms with Gasteiger partial charge in [0.2, 0.25) is 15.9 Å². The minimum Gasteiger partial charge on any atom is -0.342 e. The Balaban J connectivity index is 1.61. The van der Waals surface area contributed by atoms with E-state index in [1.165, 1.54) is 21.9 Å². The van der Waals surface area contributed by atoms with Crippen LogP contribution in [0.2, 0.25) is 0 Å². The SMILES string of the molecule is CCN1CC[C@@]2(CN(S(C)(=O)=O)CC23CCN(C(=O)c2cccs2)CC3)C1=O. The molecule has 0 radical (unpaired) electrons. The third-order valence-electron chi connectivity index (χ3n) is 7.04. The van der Waals surface area contributed by atoms with E-state index in [4.69, 9.17) is 0 Å². The molecule has 3 saturated heterocycles. The van der Waals surface area contributed by atoms with Crippen molar-refractivity contribution in [2.24, 2.45) is 10.8 Å². The molecule has 28 heavy (non-hydrogen) atoms. The third-order valence-corrected chi connectivity index (χ3v) is 9.09. The minimum atomic E-state index is -3.37. The normalized spacial score (nSPS) is 28.0. The van der Waals surface area contributed by atoms with Crippen molar-refractivity contribution in [1.82, 2.24) is 14.1 Å². The Morgan fingerprint density at radius 1 is 1.18 bits per heavy atom. The van der Waals surface area contributed by atoms with Crippen LogP contribution in [0.1, 0.15) is 35.9 Å². The van der Waals surface area contributed by atoms with Crippen LogP contribution < -0.4 is 0 Å². The van der Waals surface area contributed by atoms with Crippen molar-refractivity contribution >= 4 is 33.2 Å². The first kappa shape index (κ1) is 19.8. The zero-order chi connectivity index (χ0) is 20.2. The van der Waals surface area contributed by atoms with Crippen LogP contribution in [-0.2, 0) is 14.8 Å². The maximum atomic E-state index is 13.3. The number of thiophene rings is 1. The second kappa shape index (κ2) is 6.81. The van der Waals surface area contributed by atoms with Gasteiger partial charge in [-0.25, -0.2) is 12.7 Å². The van der Waals surface area contributed by atoms with E-state index in [0.29, 0.717) is 52.0 Å². The Morgan fingerprint density at radius 2 is 1.89 bits per heavy atom. The van der Waals surface area contributed by atoms with Gasteiger partial charge in [-0.05, 0) is 37.6 Å². The number of nitrogens with zero attached hydrogens (tertiary/aromatic N) is 3. The number of sulfonamides is 1. The fraction of sp³-hybridized carbons (Fsp3) is 0.684. The molecular formula is C19H27N3O4S2. The van der Waals surface area contributed by atoms with Crippen LogP contribution in [-0.4, -0.2) is 79.9 Å². The van der Waals surface area contributed by atoms with Gasteiger partial charge < -0.3 is 9.80 Å². The summed E-state index contributed by atoms with van der Waals surface area (Å²) in [5, 5.41) is 1.89. The molecule has 1 aromatic heterocycles. The molecule has 0 aromatic carbocycles.